The van der Waals surface area contributed by atoms with Gasteiger partial charge in [-0.1, -0.05) is 48.5 Å². The Balaban J connectivity index is 1.18. The number of benzene rings is 7. The molecule has 3 aromatic heterocycles. The first-order chi connectivity index (χ1) is 32.2. The molecule has 0 fully saturated rings. The van der Waals surface area contributed by atoms with Crippen molar-refractivity contribution < 1.29 is 52.7 Å². The molecule has 0 aliphatic rings. The summed E-state index contributed by atoms with van der Waals surface area (Å²) < 4.78 is 171. The third-order valence-corrected chi connectivity index (χ3v) is 11.9. The second kappa shape index (κ2) is 15.5. The lowest BCUT2D eigenvalue weighted by atomic mass is 9.97. The van der Waals surface area contributed by atoms with E-state index in [1.807, 2.05) is 9.13 Å². The summed E-state index contributed by atoms with van der Waals surface area (Å²) >= 11 is 0. The Labute approximate surface area is 376 Å². The fourth-order valence-electron chi connectivity index (χ4n) is 8.87. The summed E-state index contributed by atoms with van der Waals surface area (Å²) in [4.78, 5) is 4.45. The van der Waals surface area contributed by atoms with Gasteiger partial charge in [-0.15, -0.1) is 0 Å². The van der Waals surface area contributed by atoms with Crippen molar-refractivity contribution in [3.8, 4) is 50.8 Å². The standard InChI is InChI=1S/C52H26F12N4/c53-49(54,55)33-18-31(19-34(24-33)50(56,57)58)29-10-13-46-40(22-29)37-5-1-3-7-43(37)67(46)45-12-9-28(26-65)17-39(45)42-27-66-16-15-48(42)68-44-8-4-2-6-38(44)41-23-30(11-14-47(41)68)32-20-35(51(59,60)61)25-36(21-32)52(62,63)64/h1-25,27H. The zero-order valence-corrected chi connectivity index (χ0v) is 34.3. The number of fused-ring (bicyclic) bond motifs is 6. The van der Waals surface area contributed by atoms with Crippen molar-refractivity contribution in [3.05, 3.63) is 186 Å². The Hall–Kier alpha value is -8.06. The van der Waals surface area contributed by atoms with E-state index < -0.39 is 47.0 Å². The van der Waals surface area contributed by atoms with Crippen LogP contribution in [0.2, 0.25) is 0 Å². The molecule has 0 N–H and O–H groups in total. The number of nitriles is 1. The van der Waals surface area contributed by atoms with Crippen molar-refractivity contribution >= 4 is 43.6 Å². The summed E-state index contributed by atoms with van der Waals surface area (Å²) in [6.07, 6.45) is -17.1. The van der Waals surface area contributed by atoms with E-state index in [0.717, 1.165) is 0 Å². The van der Waals surface area contributed by atoms with Crippen LogP contribution < -0.4 is 0 Å². The number of halogens is 12. The van der Waals surface area contributed by atoms with Crippen molar-refractivity contribution in [1.82, 2.24) is 14.1 Å². The minimum Gasteiger partial charge on any atom is -0.309 e. The molecule has 10 rings (SSSR count). The van der Waals surface area contributed by atoms with E-state index in [9.17, 15) is 57.9 Å². The molecule has 0 aliphatic carbocycles. The first kappa shape index (κ1) is 43.8. The van der Waals surface area contributed by atoms with E-state index in [-0.39, 0.29) is 39.9 Å². The fourth-order valence-corrected chi connectivity index (χ4v) is 8.87. The molecule has 0 spiro atoms. The molecule has 68 heavy (non-hydrogen) atoms. The van der Waals surface area contributed by atoms with Crippen molar-refractivity contribution in [2.24, 2.45) is 0 Å². The molecule has 0 aliphatic heterocycles. The Morgan fingerprint density at radius 3 is 1.22 bits per heavy atom. The van der Waals surface area contributed by atoms with Gasteiger partial charge in [-0.2, -0.15) is 57.9 Å². The van der Waals surface area contributed by atoms with Crippen molar-refractivity contribution in [2.75, 3.05) is 0 Å². The van der Waals surface area contributed by atoms with Gasteiger partial charge in [-0.05, 0) is 119 Å². The van der Waals surface area contributed by atoms with Crippen LogP contribution in [0.15, 0.2) is 158 Å². The SMILES string of the molecule is N#Cc1ccc(-n2c3ccccc3c3cc(-c4cc(C(F)(F)F)cc(C(F)(F)F)c4)ccc32)c(-c2cnccc2-n2c3ccccc3c3cc(-c4cc(C(F)(F)F)cc(C(F)(F)F)c4)ccc32)c1. The number of hydrogen-bond acceptors (Lipinski definition) is 2. The lowest BCUT2D eigenvalue weighted by Crippen LogP contribution is -2.11. The average Bonchev–Trinajstić information content (AvgIpc) is 3.82. The molecule has 0 amide bonds. The number of alkyl halides is 12. The van der Waals surface area contributed by atoms with E-state index in [1.54, 1.807) is 91.1 Å². The Morgan fingerprint density at radius 2 is 0.794 bits per heavy atom. The number of nitrogens with zero attached hydrogens (tertiary/aromatic N) is 4. The normalized spacial score (nSPS) is 12.7. The van der Waals surface area contributed by atoms with E-state index in [4.69, 9.17) is 0 Å². The van der Waals surface area contributed by atoms with Gasteiger partial charge in [0, 0.05) is 45.1 Å². The summed E-state index contributed by atoms with van der Waals surface area (Å²) in [5.41, 5.74) is -1.78. The maximum absolute atomic E-state index is 13.9. The molecule has 16 heteroatoms. The molecule has 3 heterocycles. The van der Waals surface area contributed by atoms with Crippen LogP contribution in [-0.2, 0) is 24.7 Å². The number of aromatic nitrogens is 3. The maximum Gasteiger partial charge on any atom is 0.416 e. The zero-order chi connectivity index (χ0) is 48.1. The largest absolute Gasteiger partial charge is 0.416 e. The first-order valence-corrected chi connectivity index (χ1v) is 20.3. The van der Waals surface area contributed by atoms with Crippen LogP contribution in [0.1, 0.15) is 27.8 Å². The quantitative estimate of drug-likeness (QED) is 0.161. The van der Waals surface area contributed by atoms with Gasteiger partial charge >= 0.3 is 24.7 Å². The number of pyridine rings is 1. The number of hydrogen-bond donors (Lipinski definition) is 0. The highest BCUT2D eigenvalue weighted by Crippen LogP contribution is 2.45. The number of para-hydroxylation sites is 2. The lowest BCUT2D eigenvalue weighted by Gasteiger charge is -2.18. The molecule has 0 unspecified atom stereocenters. The highest BCUT2D eigenvalue weighted by atomic mass is 19.4. The van der Waals surface area contributed by atoms with Crippen molar-refractivity contribution in [2.45, 2.75) is 24.7 Å². The second-order valence-corrected chi connectivity index (χ2v) is 16.0. The third kappa shape index (κ3) is 7.53. The van der Waals surface area contributed by atoms with Crippen LogP contribution in [0.4, 0.5) is 52.7 Å². The van der Waals surface area contributed by atoms with Crippen molar-refractivity contribution in [1.29, 1.82) is 5.26 Å². The first-order valence-electron chi connectivity index (χ1n) is 20.3. The molecule has 7 aromatic carbocycles. The minimum absolute atomic E-state index is 0.0698. The predicted octanol–water partition coefficient (Wildman–Crippen LogP) is 16.2. The van der Waals surface area contributed by atoms with Gasteiger partial charge in [-0.25, -0.2) is 0 Å². The monoisotopic (exact) mass is 934 g/mol. The van der Waals surface area contributed by atoms with Gasteiger partial charge in [0.05, 0.1) is 67.3 Å². The van der Waals surface area contributed by atoms with Gasteiger partial charge in [0.1, 0.15) is 0 Å². The molecule has 0 radical (unpaired) electrons. The summed E-state index contributed by atoms with van der Waals surface area (Å²) in [5, 5.41) is 12.4. The van der Waals surface area contributed by atoms with E-state index in [2.05, 4.69) is 11.1 Å². The molecule has 0 bridgehead atoms. The molecule has 10 aromatic rings. The molecule has 338 valence electrons. The average molecular weight is 935 g/mol. The summed E-state index contributed by atoms with van der Waals surface area (Å²) in [6.45, 7) is 0. The van der Waals surface area contributed by atoms with E-state index in [1.165, 1.54) is 30.5 Å². The van der Waals surface area contributed by atoms with Crippen LogP contribution in [0, 0.1) is 11.3 Å². The van der Waals surface area contributed by atoms with Crippen LogP contribution >= 0.6 is 0 Å². The Bertz CT molecular complexity index is 3650. The van der Waals surface area contributed by atoms with E-state index in [0.29, 0.717) is 90.4 Å². The Morgan fingerprint density at radius 1 is 0.382 bits per heavy atom. The molecule has 0 saturated heterocycles. The van der Waals surface area contributed by atoms with Crippen LogP contribution in [0.25, 0.3) is 88.4 Å². The van der Waals surface area contributed by atoms with Crippen LogP contribution in [0.3, 0.4) is 0 Å². The molecule has 0 atom stereocenters. The fraction of sp³-hybridized carbons (Fsp3) is 0.0769. The second-order valence-electron chi connectivity index (χ2n) is 16.0. The smallest absolute Gasteiger partial charge is 0.309 e. The van der Waals surface area contributed by atoms with E-state index >= 15 is 0 Å². The summed E-state index contributed by atoms with van der Waals surface area (Å²) in [7, 11) is 0. The van der Waals surface area contributed by atoms with Crippen molar-refractivity contribution in [3.63, 3.8) is 0 Å². The maximum atomic E-state index is 13.9. The highest BCUT2D eigenvalue weighted by Gasteiger charge is 2.38. The van der Waals surface area contributed by atoms with Gasteiger partial charge in [0.25, 0.3) is 0 Å². The zero-order valence-electron chi connectivity index (χ0n) is 34.3. The third-order valence-electron chi connectivity index (χ3n) is 11.9. The lowest BCUT2D eigenvalue weighted by molar-refractivity contribution is -0.144. The van der Waals surface area contributed by atoms with Gasteiger partial charge in [-0.3, -0.25) is 4.98 Å². The van der Waals surface area contributed by atoms with Crippen LogP contribution in [-0.4, -0.2) is 14.1 Å². The molecule has 0 saturated carbocycles. The predicted molar refractivity (Wildman–Crippen MR) is 234 cm³/mol. The highest BCUT2D eigenvalue weighted by molar-refractivity contribution is 6.12. The number of rotatable bonds is 5. The van der Waals surface area contributed by atoms with Gasteiger partial charge < -0.3 is 9.13 Å². The van der Waals surface area contributed by atoms with Crippen LogP contribution in [0.5, 0.6) is 0 Å². The summed E-state index contributed by atoms with van der Waals surface area (Å²) in [5.74, 6) is 0. The minimum atomic E-state index is -5.06. The topological polar surface area (TPSA) is 46.5 Å². The Kier molecular flexibility index (Phi) is 9.99. The molecular formula is C52H26F12N4. The molecule has 4 nitrogen and oxygen atoms in total. The summed E-state index contributed by atoms with van der Waals surface area (Å²) in [6, 6.07) is 34.9. The van der Waals surface area contributed by atoms with Gasteiger partial charge in [0.2, 0.25) is 0 Å². The molecular weight excluding hydrogens is 909 g/mol. The van der Waals surface area contributed by atoms with Gasteiger partial charge in [0.15, 0.2) is 0 Å².